The van der Waals surface area contributed by atoms with Gasteiger partial charge in [-0.05, 0) is 71.9 Å². The van der Waals surface area contributed by atoms with Crippen molar-refractivity contribution in [3.8, 4) is 22.6 Å². The second-order valence-electron chi connectivity index (χ2n) is 9.37. The van der Waals surface area contributed by atoms with Crippen molar-refractivity contribution < 1.29 is 9.47 Å². The molecule has 204 valence electrons. The van der Waals surface area contributed by atoms with E-state index >= 15 is 0 Å². The van der Waals surface area contributed by atoms with E-state index in [1.807, 2.05) is 66.9 Å². The van der Waals surface area contributed by atoms with E-state index in [9.17, 15) is 0 Å². The summed E-state index contributed by atoms with van der Waals surface area (Å²) in [6, 6.07) is 30.4. The number of anilines is 4. The Morgan fingerprint density at radius 2 is 1.55 bits per heavy atom. The first-order valence-corrected chi connectivity index (χ1v) is 13.6. The second-order valence-corrected chi connectivity index (χ2v) is 9.37. The molecule has 0 bridgehead atoms. The van der Waals surface area contributed by atoms with Crippen molar-refractivity contribution in [1.82, 2.24) is 14.9 Å². The lowest BCUT2D eigenvalue weighted by Crippen LogP contribution is -2.27. The molecule has 0 atom stereocenters. The molecule has 7 nitrogen and oxygen atoms in total. The number of ether oxygens (including phenoxy) is 2. The summed E-state index contributed by atoms with van der Waals surface area (Å²) in [5, 5.41) is 9.15. The van der Waals surface area contributed by atoms with Crippen molar-refractivity contribution >= 4 is 33.9 Å². The minimum atomic E-state index is 0.483. The fourth-order valence-corrected chi connectivity index (χ4v) is 4.58. The molecule has 40 heavy (non-hydrogen) atoms. The molecule has 7 heteroatoms. The van der Waals surface area contributed by atoms with Crippen molar-refractivity contribution in [2.24, 2.45) is 0 Å². The maximum absolute atomic E-state index is 5.93. The topological polar surface area (TPSA) is 71.5 Å². The number of hydrogen-bond donors (Lipinski definition) is 2. The third-order valence-electron chi connectivity index (χ3n) is 6.89. The normalized spacial score (nSPS) is 11.0. The zero-order chi connectivity index (χ0) is 27.7. The summed E-state index contributed by atoms with van der Waals surface area (Å²) in [6.45, 7) is 7.94. The van der Waals surface area contributed by atoms with Crippen LogP contribution >= 0.6 is 0 Å². The van der Waals surface area contributed by atoms with E-state index in [4.69, 9.17) is 14.5 Å². The van der Waals surface area contributed by atoms with Gasteiger partial charge in [-0.25, -0.2) is 4.98 Å². The van der Waals surface area contributed by atoms with Crippen LogP contribution in [0.15, 0.2) is 97.2 Å². The highest BCUT2D eigenvalue weighted by Crippen LogP contribution is 2.34. The van der Waals surface area contributed by atoms with E-state index in [1.54, 1.807) is 7.11 Å². The van der Waals surface area contributed by atoms with Crippen LogP contribution in [-0.2, 0) is 0 Å². The maximum atomic E-state index is 5.93. The molecule has 2 N–H and O–H groups in total. The number of fused-ring (bicyclic) bond motifs is 1. The molecule has 0 fully saturated rings. The number of methoxy groups -OCH3 is 1. The van der Waals surface area contributed by atoms with Gasteiger partial charge in [-0.1, -0.05) is 62.4 Å². The molecule has 0 aliphatic rings. The van der Waals surface area contributed by atoms with Gasteiger partial charge in [0.2, 0.25) is 5.95 Å². The number of nitrogens with one attached hydrogen (secondary N) is 2. The molecule has 0 saturated heterocycles. The molecule has 5 rings (SSSR count). The summed E-state index contributed by atoms with van der Waals surface area (Å²) in [6.07, 6.45) is 1.85. The Hall–Kier alpha value is -4.62. The van der Waals surface area contributed by atoms with Gasteiger partial charge in [0, 0.05) is 24.0 Å². The summed E-state index contributed by atoms with van der Waals surface area (Å²) in [4.78, 5) is 11.9. The van der Waals surface area contributed by atoms with Crippen molar-refractivity contribution in [2.75, 3.05) is 44.0 Å². The summed E-state index contributed by atoms with van der Waals surface area (Å²) >= 11 is 0. The minimum Gasteiger partial charge on any atom is -0.495 e. The average Bonchev–Trinajstić information content (AvgIpc) is 3.00. The van der Waals surface area contributed by atoms with Gasteiger partial charge >= 0.3 is 0 Å². The quantitative estimate of drug-likeness (QED) is 0.172. The van der Waals surface area contributed by atoms with Crippen molar-refractivity contribution in [3.63, 3.8) is 0 Å². The van der Waals surface area contributed by atoms with Gasteiger partial charge in [0.05, 0.1) is 12.8 Å². The van der Waals surface area contributed by atoms with Gasteiger partial charge in [-0.2, -0.15) is 4.98 Å². The lowest BCUT2D eigenvalue weighted by molar-refractivity contribution is 0.223. The Balaban J connectivity index is 1.40. The van der Waals surface area contributed by atoms with Crippen molar-refractivity contribution in [1.29, 1.82) is 0 Å². The molecular weight excluding hydrogens is 498 g/mol. The molecular formula is C33H35N5O2. The van der Waals surface area contributed by atoms with E-state index in [0.29, 0.717) is 18.4 Å². The van der Waals surface area contributed by atoms with Crippen LogP contribution in [0.3, 0.4) is 0 Å². The number of benzene rings is 4. The molecule has 4 aromatic carbocycles. The molecule has 1 heterocycles. The summed E-state index contributed by atoms with van der Waals surface area (Å²) < 4.78 is 11.5. The largest absolute Gasteiger partial charge is 0.495 e. The fraction of sp³-hybridized carbons (Fsp3) is 0.212. The van der Waals surface area contributed by atoms with Crippen LogP contribution in [-0.4, -0.2) is 48.2 Å². The van der Waals surface area contributed by atoms with E-state index in [0.717, 1.165) is 59.0 Å². The first kappa shape index (κ1) is 27.0. The number of nitrogens with zero attached hydrogens (tertiary/aromatic N) is 3. The second kappa shape index (κ2) is 13.0. The fourth-order valence-electron chi connectivity index (χ4n) is 4.58. The van der Waals surface area contributed by atoms with Crippen LogP contribution in [0, 0.1) is 0 Å². The molecule has 0 aliphatic heterocycles. The smallest absolute Gasteiger partial charge is 0.229 e. The van der Waals surface area contributed by atoms with Gasteiger partial charge in [-0.15, -0.1) is 0 Å². The average molecular weight is 534 g/mol. The Morgan fingerprint density at radius 3 is 2.33 bits per heavy atom. The Bertz CT molecular complexity index is 1550. The summed E-state index contributed by atoms with van der Waals surface area (Å²) in [5.41, 5.74) is 3.61. The number of hydrogen-bond acceptors (Lipinski definition) is 7. The Labute approximate surface area is 235 Å². The number of rotatable bonds is 12. The molecule has 1 aromatic heterocycles. The highest BCUT2D eigenvalue weighted by atomic mass is 16.5. The van der Waals surface area contributed by atoms with Crippen molar-refractivity contribution in [2.45, 2.75) is 13.8 Å². The van der Waals surface area contributed by atoms with Crippen LogP contribution in [0.5, 0.6) is 11.5 Å². The van der Waals surface area contributed by atoms with Gasteiger partial charge in [0.1, 0.15) is 23.9 Å². The number of likely N-dealkylation sites (N-methyl/N-ethyl adjacent to an activating group) is 1. The third kappa shape index (κ3) is 6.50. The maximum Gasteiger partial charge on any atom is 0.229 e. The lowest BCUT2D eigenvalue weighted by atomic mass is 10.0. The van der Waals surface area contributed by atoms with E-state index in [-0.39, 0.29) is 0 Å². The summed E-state index contributed by atoms with van der Waals surface area (Å²) in [5.74, 6) is 2.73. The molecule has 0 unspecified atom stereocenters. The molecule has 0 radical (unpaired) electrons. The molecule has 5 aromatic rings. The van der Waals surface area contributed by atoms with Crippen LogP contribution in [0.4, 0.5) is 23.1 Å². The van der Waals surface area contributed by atoms with Crippen LogP contribution in [0.2, 0.25) is 0 Å². The monoisotopic (exact) mass is 533 g/mol. The molecule has 0 amide bonds. The van der Waals surface area contributed by atoms with Crippen LogP contribution in [0.1, 0.15) is 13.8 Å². The minimum absolute atomic E-state index is 0.483. The van der Waals surface area contributed by atoms with E-state index in [2.05, 4.69) is 64.7 Å². The van der Waals surface area contributed by atoms with Gasteiger partial charge in [0.15, 0.2) is 0 Å². The first-order valence-electron chi connectivity index (χ1n) is 13.6. The molecule has 0 spiro atoms. The van der Waals surface area contributed by atoms with E-state index < -0.39 is 0 Å². The predicted molar refractivity (Wildman–Crippen MR) is 164 cm³/mol. The zero-order valence-corrected chi connectivity index (χ0v) is 23.2. The third-order valence-corrected chi connectivity index (χ3v) is 6.89. The highest BCUT2D eigenvalue weighted by Gasteiger charge is 2.13. The lowest BCUT2D eigenvalue weighted by Gasteiger charge is -2.18. The van der Waals surface area contributed by atoms with Gasteiger partial charge in [-0.3, -0.25) is 0 Å². The first-order chi connectivity index (χ1) is 19.7. The number of aromatic nitrogens is 2. The van der Waals surface area contributed by atoms with Gasteiger partial charge in [0.25, 0.3) is 0 Å². The SMILES string of the molecule is CCN(CC)CCOc1ccc(Nc2ncc(-c3ccc4ccccc4c3)c(Nc3ccccc3OC)n2)cc1. The molecule has 0 saturated carbocycles. The van der Waals surface area contributed by atoms with Crippen LogP contribution in [0.25, 0.3) is 21.9 Å². The highest BCUT2D eigenvalue weighted by molar-refractivity contribution is 5.90. The van der Waals surface area contributed by atoms with Crippen LogP contribution < -0.4 is 20.1 Å². The predicted octanol–water partition coefficient (Wildman–Crippen LogP) is 7.51. The Morgan fingerprint density at radius 1 is 0.800 bits per heavy atom. The van der Waals surface area contributed by atoms with Crippen molar-refractivity contribution in [3.05, 3.63) is 97.2 Å². The van der Waals surface area contributed by atoms with Gasteiger partial charge < -0.3 is 25.0 Å². The summed E-state index contributed by atoms with van der Waals surface area (Å²) in [7, 11) is 1.66. The number of para-hydroxylation sites is 2. The van der Waals surface area contributed by atoms with E-state index in [1.165, 1.54) is 5.39 Å². The molecule has 0 aliphatic carbocycles. The standard InChI is InChI=1S/C33H35N5O2/c1-4-38(5-2)20-21-40-28-18-16-27(17-19-28)35-33-34-23-29(26-15-14-24-10-6-7-11-25(24)22-26)32(37-33)36-30-12-8-9-13-31(30)39-3/h6-19,22-23H,4-5,20-21H2,1-3H3,(H2,34,35,36,37). The zero-order valence-electron chi connectivity index (χ0n) is 23.2. The Kier molecular flexibility index (Phi) is 8.73.